The van der Waals surface area contributed by atoms with Gasteiger partial charge in [-0.05, 0) is 31.1 Å². The first kappa shape index (κ1) is 13.3. The summed E-state index contributed by atoms with van der Waals surface area (Å²) in [5, 5.41) is 2.87. The molecule has 1 N–H and O–H groups in total. The van der Waals surface area contributed by atoms with Crippen LogP contribution in [0.15, 0.2) is 0 Å². The molecule has 1 fully saturated rings. The van der Waals surface area contributed by atoms with Crippen molar-refractivity contribution >= 4 is 6.09 Å². The molecular formula is C13H25NO2. The van der Waals surface area contributed by atoms with Crippen molar-refractivity contribution in [3.05, 3.63) is 0 Å². The van der Waals surface area contributed by atoms with E-state index in [0.29, 0.717) is 12.5 Å². The minimum atomic E-state index is -0.244. The van der Waals surface area contributed by atoms with Crippen molar-refractivity contribution in [2.24, 2.45) is 11.8 Å². The maximum absolute atomic E-state index is 11.3. The lowest BCUT2D eigenvalue weighted by Gasteiger charge is -2.26. The molecule has 16 heavy (non-hydrogen) atoms. The average molecular weight is 227 g/mol. The van der Waals surface area contributed by atoms with Crippen LogP contribution in [0.5, 0.6) is 0 Å². The Bertz CT molecular complexity index is 206. The molecule has 1 amide bonds. The molecule has 2 unspecified atom stereocenters. The van der Waals surface area contributed by atoms with E-state index in [4.69, 9.17) is 4.74 Å². The Hall–Kier alpha value is -0.730. The van der Waals surface area contributed by atoms with Crippen molar-refractivity contribution in [3.8, 4) is 0 Å². The molecular weight excluding hydrogens is 202 g/mol. The number of alkyl carbamates (subject to hydrolysis) is 1. The first-order valence-electron chi connectivity index (χ1n) is 6.63. The lowest BCUT2D eigenvalue weighted by molar-refractivity contribution is 0.140. The largest absolute Gasteiger partial charge is 0.450 e. The van der Waals surface area contributed by atoms with Gasteiger partial charge in [-0.15, -0.1) is 0 Å². The van der Waals surface area contributed by atoms with Crippen LogP contribution in [-0.4, -0.2) is 19.2 Å². The van der Waals surface area contributed by atoms with Gasteiger partial charge in [-0.25, -0.2) is 4.79 Å². The number of carbonyl (C=O) groups is 1. The first-order valence-corrected chi connectivity index (χ1v) is 6.63. The summed E-state index contributed by atoms with van der Waals surface area (Å²) >= 11 is 0. The predicted molar refractivity (Wildman–Crippen MR) is 65.4 cm³/mol. The summed E-state index contributed by atoms with van der Waals surface area (Å²) in [6.07, 6.45) is 6.91. The van der Waals surface area contributed by atoms with E-state index in [1.54, 1.807) is 0 Å². The van der Waals surface area contributed by atoms with Gasteiger partial charge in [0.25, 0.3) is 0 Å². The van der Waals surface area contributed by atoms with Gasteiger partial charge in [-0.1, -0.05) is 33.1 Å². The van der Waals surface area contributed by atoms with E-state index in [9.17, 15) is 4.79 Å². The topological polar surface area (TPSA) is 38.3 Å². The van der Waals surface area contributed by atoms with Crippen molar-refractivity contribution in [2.75, 3.05) is 13.2 Å². The highest BCUT2D eigenvalue weighted by Crippen LogP contribution is 2.27. The summed E-state index contributed by atoms with van der Waals surface area (Å²) in [4.78, 5) is 11.3. The zero-order valence-corrected chi connectivity index (χ0v) is 10.6. The molecule has 0 aromatic heterocycles. The van der Waals surface area contributed by atoms with Crippen LogP contribution < -0.4 is 5.32 Å². The molecule has 1 rings (SSSR count). The quantitative estimate of drug-likeness (QED) is 0.731. The second-order valence-corrected chi connectivity index (χ2v) is 5.01. The molecule has 0 heterocycles. The van der Waals surface area contributed by atoms with Gasteiger partial charge in [0.1, 0.15) is 0 Å². The Morgan fingerprint density at radius 1 is 1.44 bits per heavy atom. The van der Waals surface area contributed by atoms with E-state index < -0.39 is 0 Å². The summed E-state index contributed by atoms with van der Waals surface area (Å²) in [5.41, 5.74) is 0. The van der Waals surface area contributed by atoms with Crippen LogP contribution in [0.3, 0.4) is 0 Å². The van der Waals surface area contributed by atoms with Crippen LogP contribution in [0.1, 0.15) is 52.4 Å². The fourth-order valence-electron chi connectivity index (χ4n) is 2.33. The summed E-state index contributed by atoms with van der Waals surface area (Å²) in [7, 11) is 0. The Morgan fingerprint density at radius 3 is 2.94 bits per heavy atom. The van der Waals surface area contributed by atoms with Crippen LogP contribution in [-0.2, 0) is 4.74 Å². The average Bonchev–Trinajstić information content (AvgIpc) is 2.27. The smallest absolute Gasteiger partial charge is 0.407 e. The van der Waals surface area contributed by atoms with Crippen molar-refractivity contribution in [1.29, 1.82) is 0 Å². The molecule has 0 radical (unpaired) electrons. The minimum Gasteiger partial charge on any atom is -0.450 e. The maximum Gasteiger partial charge on any atom is 0.407 e. The second kappa shape index (κ2) is 7.53. The Morgan fingerprint density at radius 2 is 2.25 bits per heavy atom. The molecule has 0 aliphatic heterocycles. The van der Waals surface area contributed by atoms with Gasteiger partial charge in [-0.2, -0.15) is 0 Å². The van der Waals surface area contributed by atoms with Crippen molar-refractivity contribution in [1.82, 2.24) is 5.32 Å². The zero-order chi connectivity index (χ0) is 11.8. The number of nitrogens with one attached hydrogen (secondary N) is 1. The maximum atomic E-state index is 11.3. The summed E-state index contributed by atoms with van der Waals surface area (Å²) in [6, 6.07) is 0. The van der Waals surface area contributed by atoms with E-state index in [-0.39, 0.29) is 6.09 Å². The normalized spacial score (nSPS) is 25.1. The first-order chi connectivity index (χ1) is 7.72. The molecule has 3 heteroatoms. The number of carbonyl (C=O) groups excluding carboxylic acids is 1. The van der Waals surface area contributed by atoms with Crippen LogP contribution in [0, 0.1) is 11.8 Å². The van der Waals surface area contributed by atoms with Gasteiger partial charge in [-0.3, -0.25) is 0 Å². The van der Waals surface area contributed by atoms with Crippen LogP contribution in [0.25, 0.3) is 0 Å². The van der Waals surface area contributed by atoms with E-state index in [0.717, 1.165) is 25.3 Å². The highest BCUT2D eigenvalue weighted by molar-refractivity contribution is 5.67. The standard InChI is InChI=1S/C13H25NO2/c1-3-4-8-16-13(15)14-10-12-7-5-6-11(2)9-12/h11-12H,3-10H2,1-2H3,(H,14,15). The molecule has 0 saturated heterocycles. The molecule has 0 bridgehead atoms. The van der Waals surface area contributed by atoms with Crippen molar-refractivity contribution in [3.63, 3.8) is 0 Å². The Labute approximate surface area is 98.9 Å². The molecule has 0 aromatic carbocycles. The van der Waals surface area contributed by atoms with E-state index in [1.165, 1.54) is 25.7 Å². The lowest BCUT2D eigenvalue weighted by Crippen LogP contribution is -2.32. The van der Waals surface area contributed by atoms with E-state index >= 15 is 0 Å². The molecule has 1 saturated carbocycles. The number of hydrogen-bond acceptors (Lipinski definition) is 2. The number of rotatable bonds is 5. The third-order valence-electron chi connectivity index (χ3n) is 3.31. The fraction of sp³-hybridized carbons (Fsp3) is 0.923. The minimum absolute atomic E-state index is 0.244. The lowest BCUT2D eigenvalue weighted by atomic mass is 9.82. The summed E-state index contributed by atoms with van der Waals surface area (Å²) < 4.78 is 5.05. The van der Waals surface area contributed by atoms with Gasteiger partial charge < -0.3 is 10.1 Å². The Balaban J connectivity index is 2.06. The highest BCUT2D eigenvalue weighted by Gasteiger charge is 2.19. The highest BCUT2D eigenvalue weighted by atomic mass is 16.5. The SMILES string of the molecule is CCCCOC(=O)NCC1CCCC(C)C1. The molecule has 1 aliphatic carbocycles. The van der Waals surface area contributed by atoms with E-state index in [1.807, 2.05) is 0 Å². The van der Waals surface area contributed by atoms with Gasteiger partial charge in [0.15, 0.2) is 0 Å². The van der Waals surface area contributed by atoms with Crippen LogP contribution >= 0.6 is 0 Å². The van der Waals surface area contributed by atoms with Gasteiger partial charge in [0.05, 0.1) is 6.61 Å². The zero-order valence-electron chi connectivity index (χ0n) is 10.6. The van der Waals surface area contributed by atoms with Crippen LogP contribution in [0.2, 0.25) is 0 Å². The molecule has 94 valence electrons. The number of hydrogen-bond donors (Lipinski definition) is 1. The Kier molecular flexibility index (Phi) is 6.27. The van der Waals surface area contributed by atoms with E-state index in [2.05, 4.69) is 19.2 Å². The molecule has 1 aliphatic rings. The number of amides is 1. The van der Waals surface area contributed by atoms with Gasteiger partial charge in [0, 0.05) is 6.54 Å². The monoisotopic (exact) mass is 227 g/mol. The molecule has 0 aromatic rings. The van der Waals surface area contributed by atoms with Gasteiger partial charge in [0.2, 0.25) is 0 Å². The molecule has 0 spiro atoms. The van der Waals surface area contributed by atoms with Crippen molar-refractivity contribution in [2.45, 2.75) is 52.4 Å². The fourth-order valence-corrected chi connectivity index (χ4v) is 2.33. The van der Waals surface area contributed by atoms with Crippen LogP contribution in [0.4, 0.5) is 4.79 Å². The third-order valence-corrected chi connectivity index (χ3v) is 3.31. The second-order valence-electron chi connectivity index (χ2n) is 5.01. The predicted octanol–water partition coefficient (Wildman–Crippen LogP) is 3.34. The molecule has 3 nitrogen and oxygen atoms in total. The number of unbranched alkanes of at least 4 members (excludes halogenated alkanes) is 1. The van der Waals surface area contributed by atoms with Gasteiger partial charge >= 0.3 is 6.09 Å². The van der Waals surface area contributed by atoms with Crippen molar-refractivity contribution < 1.29 is 9.53 Å². The number of ether oxygens (including phenoxy) is 1. The summed E-state index contributed by atoms with van der Waals surface area (Å²) in [6.45, 7) is 5.72. The molecule has 2 atom stereocenters. The third kappa shape index (κ3) is 5.38. The summed E-state index contributed by atoms with van der Waals surface area (Å²) in [5.74, 6) is 1.47.